The fourth-order valence-corrected chi connectivity index (χ4v) is 3.58. The highest BCUT2D eigenvalue weighted by Gasteiger charge is 2.09. The topological polar surface area (TPSA) is 79.8 Å². The van der Waals surface area contributed by atoms with Crippen LogP contribution in [0.5, 0.6) is 0 Å². The van der Waals surface area contributed by atoms with Gasteiger partial charge in [-0.15, -0.1) is 21.5 Å². The predicted molar refractivity (Wildman–Crippen MR) is 116 cm³/mol. The molecule has 2 heterocycles. The number of hydrogen-bond donors (Lipinski definition) is 2. The molecule has 0 radical (unpaired) electrons. The van der Waals surface area contributed by atoms with Crippen LogP contribution < -0.4 is 10.6 Å². The average molecular weight is 401 g/mol. The molecule has 0 unspecified atom stereocenters. The summed E-state index contributed by atoms with van der Waals surface area (Å²) in [4.78, 5) is 16.9. The molecule has 0 saturated heterocycles. The highest BCUT2D eigenvalue weighted by molar-refractivity contribution is 7.13. The third kappa shape index (κ3) is 5.03. The number of nitrogens with zero attached hydrogens (tertiary/aromatic N) is 3. The number of thiazole rings is 1. The van der Waals surface area contributed by atoms with Crippen LogP contribution in [0.2, 0.25) is 0 Å². The quantitative estimate of drug-likeness (QED) is 0.476. The fraction of sp³-hybridized carbons (Fsp3) is 0.0909. The van der Waals surface area contributed by atoms with E-state index in [1.54, 1.807) is 23.5 Å². The zero-order valence-electron chi connectivity index (χ0n) is 15.6. The number of rotatable bonds is 7. The summed E-state index contributed by atoms with van der Waals surface area (Å²) in [7, 11) is 0. The van der Waals surface area contributed by atoms with Crippen molar-refractivity contribution in [2.75, 3.05) is 17.2 Å². The number of aromatic nitrogens is 3. The van der Waals surface area contributed by atoms with E-state index in [0.717, 1.165) is 28.4 Å². The lowest BCUT2D eigenvalue weighted by Crippen LogP contribution is -2.15. The minimum absolute atomic E-state index is 0.270. The third-order valence-corrected chi connectivity index (χ3v) is 5.13. The molecule has 1 amide bonds. The molecular formula is C22H19N5OS. The van der Waals surface area contributed by atoms with Crippen molar-refractivity contribution in [2.45, 2.75) is 6.42 Å². The van der Waals surface area contributed by atoms with E-state index in [-0.39, 0.29) is 11.6 Å². The van der Waals surface area contributed by atoms with Gasteiger partial charge in [0, 0.05) is 29.6 Å². The zero-order chi connectivity index (χ0) is 19.9. The first-order valence-electron chi connectivity index (χ1n) is 9.22. The molecule has 0 atom stereocenters. The number of hydrogen-bond acceptors (Lipinski definition) is 6. The van der Waals surface area contributed by atoms with E-state index in [1.807, 2.05) is 48.5 Å². The number of nitrogens with one attached hydrogen (secondary N) is 2. The first-order valence-corrected chi connectivity index (χ1v) is 10.1. The van der Waals surface area contributed by atoms with Gasteiger partial charge in [0.15, 0.2) is 5.69 Å². The summed E-state index contributed by atoms with van der Waals surface area (Å²) in [6, 6.07) is 22.8. The van der Waals surface area contributed by atoms with E-state index < -0.39 is 0 Å². The summed E-state index contributed by atoms with van der Waals surface area (Å²) >= 11 is 1.64. The third-order valence-electron chi connectivity index (χ3n) is 4.19. The molecule has 0 bridgehead atoms. The summed E-state index contributed by atoms with van der Waals surface area (Å²) in [5.41, 5.74) is 3.16. The smallest absolute Gasteiger partial charge is 0.276 e. The van der Waals surface area contributed by atoms with E-state index in [9.17, 15) is 4.79 Å². The van der Waals surface area contributed by atoms with E-state index in [0.29, 0.717) is 12.4 Å². The first-order chi connectivity index (χ1) is 14.3. The molecule has 4 rings (SSSR count). The highest BCUT2D eigenvalue weighted by atomic mass is 32.1. The van der Waals surface area contributed by atoms with Crippen LogP contribution in [0.25, 0.3) is 10.6 Å². The van der Waals surface area contributed by atoms with Crippen molar-refractivity contribution in [3.63, 3.8) is 0 Å². The van der Waals surface area contributed by atoms with Crippen molar-refractivity contribution < 1.29 is 4.79 Å². The second kappa shape index (κ2) is 9.07. The van der Waals surface area contributed by atoms with Crippen LogP contribution in [0.4, 0.5) is 11.5 Å². The van der Waals surface area contributed by atoms with Gasteiger partial charge in [-0.2, -0.15) is 0 Å². The molecule has 0 aliphatic rings. The Hall–Kier alpha value is -3.58. The minimum atomic E-state index is -0.286. The second-order valence-corrected chi connectivity index (χ2v) is 7.17. The first kappa shape index (κ1) is 18.8. The Kier molecular flexibility index (Phi) is 5.87. The van der Waals surface area contributed by atoms with Crippen molar-refractivity contribution >= 4 is 28.7 Å². The Morgan fingerprint density at radius 3 is 2.38 bits per heavy atom. The van der Waals surface area contributed by atoms with Crippen molar-refractivity contribution in [1.29, 1.82) is 0 Å². The Balaban J connectivity index is 1.28. The number of carbonyl (C=O) groups excluding carboxylic acids is 1. The molecule has 4 aromatic rings. The van der Waals surface area contributed by atoms with Gasteiger partial charge in [0.25, 0.3) is 5.91 Å². The molecule has 2 aromatic heterocycles. The maximum absolute atomic E-state index is 12.2. The van der Waals surface area contributed by atoms with E-state index in [2.05, 4.69) is 43.3 Å². The standard InChI is InChI=1S/C22H19N5OS/c28-21(24-17-9-5-2-6-10-17)19-11-12-20(27-26-19)23-14-13-18-15-29-22(25-18)16-7-3-1-4-8-16/h1-12,15H,13-14H2,(H,23,27)(H,24,28). The maximum atomic E-state index is 12.2. The molecule has 0 spiro atoms. The van der Waals surface area contributed by atoms with E-state index in [1.165, 1.54) is 0 Å². The zero-order valence-corrected chi connectivity index (χ0v) is 16.4. The number of para-hydroxylation sites is 1. The minimum Gasteiger partial charge on any atom is -0.368 e. The van der Waals surface area contributed by atoms with Gasteiger partial charge in [-0.05, 0) is 24.3 Å². The van der Waals surface area contributed by atoms with Gasteiger partial charge in [-0.3, -0.25) is 4.79 Å². The van der Waals surface area contributed by atoms with Gasteiger partial charge in [-0.1, -0.05) is 48.5 Å². The lowest BCUT2D eigenvalue weighted by atomic mass is 10.2. The Bertz CT molecular complexity index is 1070. The normalized spacial score (nSPS) is 10.5. The van der Waals surface area contributed by atoms with Crippen LogP contribution >= 0.6 is 11.3 Å². The molecular weight excluding hydrogens is 382 g/mol. The fourth-order valence-electron chi connectivity index (χ4n) is 2.72. The number of carbonyl (C=O) groups is 1. The van der Waals surface area contributed by atoms with Crippen LogP contribution in [0.3, 0.4) is 0 Å². The Labute approximate surface area is 172 Å². The Morgan fingerprint density at radius 2 is 1.66 bits per heavy atom. The summed E-state index contributed by atoms with van der Waals surface area (Å²) in [6.07, 6.45) is 0.779. The SMILES string of the molecule is O=C(Nc1ccccc1)c1ccc(NCCc2csc(-c3ccccc3)n2)nn1. The highest BCUT2D eigenvalue weighted by Crippen LogP contribution is 2.23. The molecule has 6 nitrogen and oxygen atoms in total. The maximum Gasteiger partial charge on any atom is 0.276 e. The van der Waals surface area contributed by atoms with Crippen LogP contribution in [0.1, 0.15) is 16.2 Å². The summed E-state index contributed by atoms with van der Waals surface area (Å²) in [6.45, 7) is 0.683. The van der Waals surface area contributed by atoms with Gasteiger partial charge in [0.05, 0.1) is 5.69 Å². The van der Waals surface area contributed by atoms with Crippen molar-refractivity contribution in [2.24, 2.45) is 0 Å². The molecule has 29 heavy (non-hydrogen) atoms. The second-order valence-electron chi connectivity index (χ2n) is 6.31. The summed E-state index contributed by atoms with van der Waals surface area (Å²) < 4.78 is 0. The van der Waals surface area contributed by atoms with Gasteiger partial charge < -0.3 is 10.6 Å². The molecule has 0 saturated carbocycles. The van der Waals surface area contributed by atoms with Crippen LogP contribution in [-0.2, 0) is 6.42 Å². The molecule has 0 aliphatic carbocycles. The number of amides is 1. The van der Waals surface area contributed by atoms with Crippen molar-refractivity contribution in [1.82, 2.24) is 15.2 Å². The number of anilines is 2. The van der Waals surface area contributed by atoms with E-state index in [4.69, 9.17) is 0 Å². The predicted octanol–water partition coefficient (Wildman–Crippen LogP) is 4.51. The molecule has 0 aliphatic heterocycles. The number of benzene rings is 2. The molecule has 7 heteroatoms. The molecule has 144 valence electrons. The van der Waals surface area contributed by atoms with Gasteiger partial charge in [0.1, 0.15) is 10.8 Å². The lowest BCUT2D eigenvalue weighted by molar-refractivity contribution is 0.102. The van der Waals surface area contributed by atoms with Gasteiger partial charge in [0.2, 0.25) is 0 Å². The average Bonchev–Trinajstić information content (AvgIpc) is 3.24. The van der Waals surface area contributed by atoms with Crippen LogP contribution in [0.15, 0.2) is 78.2 Å². The lowest BCUT2D eigenvalue weighted by Gasteiger charge is -2.06. The largest absolute Gasteiger partial charge is 0.368 e. The van der Waals surface area contributed by atoms with Crippen molar-refractivity contribution in [3.8, 4) is 10.6 Å². The molecule has 2 aromatic carbocycles. The van der Waals surface area contributed by atoms with Crippen LogP contribution in [-0.4, -0.2) is 27.6 Å². The summed E-state index contributed by atoms with van der Waals surface area (Å²) in [5, 5.41) is 17.2. The molecule has 2 N–H and O–H groups in total. The summed E-state index contributed by atoms with van der Waals surface area (Å²) in [5.74, 6) is 0.339. The van der Waals surface area contributed by atoms with E-state index >= 15 is 0 Å². The Morgan fingerprint density at radius 1 is 0.897 bits per heavy atom. The van der Waals surface area contributed by atoms with Gasteiger partial charge >= 0.3 is 0 Å². The van der Waals surface area contributed by atoms with Gasteiger partial charge in [-0.25, -0.2) is 4.98 Å². The van der Waals surface area contributed by atoms with Crippen LogP contribution in [0, 0.1) is 0 Å². The monoisotopic (exact) mass is 401 g/mol. The van der Waals surface area contributed by atoms with Crippen molar-refractivity contribution in [3.05, 3.63) is 89.6 Å². The molecule has 0 fully saturated rings.